The van der Waals surface area contributed by atoms with Gasteiger partial charge in [-0.15, -0.1) is 22.9 Å². The molecule has 1 aromatic heterocycles. The van der Waals surface area contributed by atoms with Crippen LogP contribution in [0.1, 0.15) is 51.9 Å². The van der Waals surface area contributed by atoms with Crippen LogP contribution in [0.3, 0.4) is 0 Å². The number of hydrogen-bond acceptors (Lipinski definition) is 3. The van der Waals surface area contributed by atoms with Gasteiger partial charge in [-0.05, 0) is 80.0 Å². The SMILES string of the molecule is CC=Cc1cc(Cl)cc(C=C[C@@H]2[C@@H](CCCc3ccc(C(=O)O)s3)[C@H](Cl)C[C@H]2O)c1. The molecule has 1 aliphatic rings. The van der Waals surface area contributed by atoms with Crippen molar-refractivity contribution in [3.8, 4) is 0 Å². The minimum Gasteiger partial charge on any atom is -0.477 e. The molecule has 1 aromatic carbocycles. The molecule has 0 amide bonds. The Morgan fingerprint density at radius 1 is 1.23 bits per heavy atom. The van der Waals surface area contributed by atoms with Crippen LogP contribution in [0.5, 0.6) is 0 Å². The van der Waals surface area contributed by atoms with Gasteiger partial charge in [0.05, 0.1) is 6.10 Å². The van der Waals surface area contributed by atoms with Gasteiger partial charge in [0.2, 0.25) is 0 Å². The van der Waals surface area contributed by atoms with E-state index in [1.54, 1.807) is 6.07 Å². The quantitative estimate of drug-likeness (QED) is 0.423. The third-order valence-electron chi connectivity index (χ3n) is 5.52. The number of halogens is 2. The normalized spacial score (nSPS) is 24.3. The molecule has 2 N–H and O–H groups in total. The maximum atomic E-state index is 11.0. The van der Waals surface area contributed by atoms with Gasteiger partial charge in [0, 0.05) is 21.2 Å². The van der Waals surface area contributed by atoms with Gasteiger partial charge < -0.3 is 10.2 Å². The van der Waals surface area contributed by atoms with Gasteiger partial charge in [-0.25, -0.2) is 4.79 Å². The zero-order valence-corrected chi connectivity index (χ0v) is 19.1. The summed E-state index contributed by atoms with van der Waals surface area (Å²) in [5.41, 5.74) is 2.04. The number of rotatable bonds is 8. The van der Waals surface area contributed by atoms with Gasteiger partial charge in [-0.2, -0.15) is 0 Å². The zero-order chi connectivity index (χ0) is 21.7. The van der Waals surface area contributed by atoms with Crippen molar-refractivity contribution in [2.45, 2.75) is 44.1 Å². The monoisotopic (exact) mass is 464 g/mol. The molecule has 0 unspecified atom stereocenters. The second kappa shape index (κ2) is 10.6. The molecule has 30 heavy (non-hydrogen) atoms. The van der Waals surface area contributed by atoms with E-state index in [9.17, 15) is 9.90 Å². The van der Waals surface area contributed by atoms with E-state index in [2.05, 4.69) is 12.1 Å². The summed E-state index contributed by atoms with van der Waals surface area (Å²) < 4.78 is 0. The van der Waals surface area contributed by atoms with Gasteiger partial charge in [-0.1, -0.05) is 35.9 Å². The van der Waals surface area contributed by atoms with Gasteiger partial charge in [0.25, 0.3) is 0 Å². The van der Waals surface area contributed by atoms with Crippen LogP contribution < -0.4 is 0 Å². The second-order valence-corrected chi connectivity index (χ2v) is 9.87. The maximum absolute atomic E-state index is 11.0. The molecule has 1 saturated carbocycles. The number of carbonyl (C=O) groups is 1. The molecule has 0 saturated heterocycles. The number of carboxylic acids is 1. The number of aliphatic hydroxyl groups is 1. The first kappa shape index (κ1) is 23.1. The highest BCUT2D eigenvalue weighted by Gasteiger charge is 2.39. The van der Waals surface area contributed by atoms with Crippen molar-refractivity contribution in [1.82, 2.24) is 0 Å². The van der Waals surface area contributed by atoms with Crippen molar-refractivity contribution in [3.05, 3.63) is 68.4 Å². The third kappa shape index (κ3) is 5.98. The maximum Gasteiger partial charge on any atom is 0.345 e. The van der Waals surface area contributed by atoms with Crippen molar-refractivity contribution < 1.29 is 15.0 Å². The smallest absolute Gasteiger partial charge is 0.345 e. The van der Waals surface area contributed by atoms with Crippen LogP contribution in [0.4, 0.5) is 0 Å². The Labute approximate surface area is 191 Å². The second-order valence-electron chi connectivity index (χ2n) is 7.70. The lowest BCUT2D eigenvalue weighted by molar-refractivity contribution is 0.0702. The van der Waals surface area contributed by atoms with Gasteiger partial charge >= 0.3 is 5.97 Å². The van der Waals surface area contributed by atoms with Gasteiger partial charge in [-0.3, -0.25) is 0 Å². The highest BCUT2D eigenvalue weighted by atomic mass is 35.5. The summed E-state index contributed by atoms with van der Waals surface area (Å²) in [6, 6.07) is 9.44. The highest BCUT2D eigenvalue weighted by Crippen LogP contribution is 2.40. The number of carboxylic acid groups (broad SMARTS) is 1. The van der Waals surface area contributed by atoms with E-state index >= 15 is 0 Å². The molecule has 2 aromatic rings. The van der Waals surface area contributed by atoms with Crippen LogP contribution in [0.2, 0.25) is 5.02 Å². The van der Waals surface area contributed by atoms with Crippen molar-refractivity contribution in [1.29, 1.82) is 0 Å². The number of aliphatic hydroxyl groups excluding tert-OH is 1. The summed E-state index contributed by atoms with van der Waals surface area (Å²) in [7, 11) is 0. The Hall–Kier alpha value is -1.59. The summed E-state index contributed by atoms with van der Waals surface area (Å²) in [4.78, 5) is 12.5. The zero-order valence-electron chi connectivity index (χ0n) is 16.8. The first-order valence-electron chi connectivity index (χ1n) is 10.1. The van der Waals surface area contributed by atoms with Crippen LogP contribution in [-0.2, 0) is 6.42 Å². The molecule has 4 atom stereocenters. The highest BCUT2D eigenvalue weighted by molar-refractivity contribution is 7.13. The van der Waals surface area contributed by atoms with Crippen LogP contribution in [0.15, 0.2) is 42.5 Å². The lowest BCUT2D eigenvalue weighted by Gasteiger charge is -2.20. The fraction of sp³-hybridized carbons (Fsp3) is 0.375. The molecule has 3 nitrogen and oxygen atoms in total. The number of aromatic carboxylic acids is 1. The van der Waals surface area contributed by atoms with Crippen LogP contribution in [0, 0.1) is 11.8 Å². The molecule has 0 radical (unpaired) electrons. The van der Waals surface area contributed by atoms with Crippen LogP contribution >= 0.6 is 34.5 Å². The summed E-state index contributed by atoms with van der Waals surface area (Å²) in [6.45, 7) is 1.97. The van der Waals surface area contributed by atoms with Crippen molar-refractivity contribution in [2.24, 2.45) is 11.8 Å². The predicted octanol–water partition coefficient (Wildman–Crippen LogP) is 6.77. The summed E-state index contributed by atoms with van der Waals surface area (Å²) in [5.74, 6) is -0.699. The molecule has 1 heterocycles. The summed E-state index contributed by atoms with van der Waals surface area (Å²) in [6.07, 6.45) is 10.8. The van der Waals surface area contributed by atoms with Crippen LogP contribution in [0.25, 0.3) is 12.2 Å². The average Bonchev–Trinajstić information content (AvgIpc) is 3.25. The van der Waals surface area contributed by atoms with E-state index in [0.717, 1.165) is 35.3 Å². The Morgan fingerprint density at radius 3 is 2.63 bits per heavy atom. The first-order chi connectivity index (χ1) is 14.4. The molecule has 0 spiro atoms. The molecule has 160 valence electrons. The van der Waals surface area contributed by atoms with Gasteiger partial charge in [0.1, 0.15) is 4.88 Å². The van der Waals surface area contributed by atoms with E-state index in [-0.39, 0.29) is 17.2 Å². The number of allylic oxidation sites excluding steroid dienone is 1. The first-order valence-corrected chi connectivity index (χ1v) is 11.8. The molecular weight excluding hydrogens is 439 g/mol. The summed E-state index contributed by atoms with van der Waals surface area (Å²) >= 11 is 14.1. The van der Waals surface area contributed by atoms with Crippen LogP contribution in [-0.4, -0.2) is 27.7 Å². The Kier molecular flexibility index (Phi) is 8.18. The standard InChI is InChI=1S/C24H26Cl2O3S/c1-2-4-15-11-16(13-17(25)12-15)7-9-20-19(21(26)14-22(20)27)6-3-5-18-8-10-23(30-18)24(28)29/h2,4,7-13,19-22,27H,3,5-6,14H2,1H3,(H,28,29)/t19-,20-,21-,22-/m1/s1. The minimum absolute atomic E-state index is 0.00503. The molecule has 0 bridgehead atoms. The number of hydrogen-bond donors (Lipinski definition) is 2. The van der Waals surface area contributed by atoms with E-state index < -0.39 is 12.1 Å². The third-order valence-corrected chi connectivity index (χ3v) is 7.37. The van der Waals surface area contributed by atoms with Gasteiger partial charge in [0.15, 0.2) is 0 Å². The fourth-order valence-electron chi connectivity index (χ4n) is 4.12. The van der Waals surface area contributed by atoms with Crippen molar-refractivity contribution in [2.75, 3.05) is 0 Å². The molecular formula is C24H26Cl2O3S. The Morgan fingerprint density at radius 2 is 1.97 bits per heavy atom. The van der Waals surface area contributed by atoms with E-state index in [1.807, 2.05) is 43.4 Å². The van der Waals surface area contributed by atoms with E-state index in [1.165, 1.54) is 11.3 Å². The topological polar surface area (TPSA) is 57.5 Å². The van der Waals surface area contributed by atoms with Crippen molar-refractivity contribution in [3.63, 3.8) is 0 Å². The number of alkyl halides is 1. The lowest BCUT2D eigenvalue weighted by Crippen LogP contribution is -2.18. The molecule has 0 aliphatic heterocycles. The fourth-order valence-corrected chi connectivity index (χ4v) is 5.73. The largest absolute Gasteiger partial charge is 0.477 e. The molecule has 1 fully saturated rings. The molecule has 3 rings (SSSR count). The molecule has 1 aliphatic carbocycles. The number of benzene rings is 1. The number of aryl methyl sites for hydroxylation is 1. The Balaban J connectivity index is 1.65. The number of thiophene rings is 1. The van der Waals surface area contributed by atoms with E-state index in [0.29, 0.717) is 16.3 Å². The average molecular weight is 465 g/mol. The Bertz CT molecular complexity index is 934. The minimum atomic E-state index is -0.880. The summed E-state index contributed by atoms with van der Waals surface area (Å²) in [5, 5.41) is 20.2. The van der Waals surface area contributed by atoms with Crippen molar-refractivity contribution >= 4 is 52.7 Å². The lowest BCUT2D eigenvalue weighted by atomic mass is 9.89. The van der Waals surface area contributed by atoms with E-state index in [4.69, 9.17) is 28.3 Å². The predicted molar refractivity (Wildman–Crippen MR) is 127 cm³/mol. The molecule has 6 heteroatoms.